The van der Waals surface area contributed by atoms with Gasteiger partial charge in [-0.3, -0.25) is 5.43 Å². The lowest BCUT2D eigenvalue weighted by molar-refractivity contribution is 0.401. The molecule has 0 atom stereocenters. The average Bonchev–Trinajstić information content (AvgIpc) is 2.86. The first-order valence-electron chi connectivity index (χ1n) is 3.97. The monoisotopic (exact) mass is 148 g/mol. The number of rotatable bonds is 3. The second-order valence-electron chi connectivity index (χ2n) is 2.81. The molecule has 0 spiro atoms. The first-order valence-corrected chi connectivity index (χ1v) is 3.97. The zero-order chi connectivity index (χ0) is 7.52. The van der Waals surface area contributed by atoms with Crippen LogP contribution >= 0.6 is 0 Å². The molecule has 0 aliphatic carbocycles. The summed E-state index contributed by atoms with van der Waals surface area (Å²) >= 11 is 0. The van der Waals surface area contributed by atoms with Gasteiger partial charge in [0.25, 0.3) is 0 Å². The van der Waals surface area contributed by atoms with Crippen LogP contribution in [-0.2, 0) is 6.54 Å². The van der Waals surface area contributed by atoms with Gasteiger partial charge in [-0.05, 0) is 5.56 Å². The summed E-state index contributed by atoms with van der Waals surface area (Å²) in [5, 5.41) is 2.20. The van der Waals surface area contributed by atoms with Crippen LogP contribution in [0, 0.1) is 0 Å². The van der Waals surface area contributed by atoms with Crippen molar-refractivity contribution >= 4 is 0 Å². The summed E-state index contributed by atoms with van der Waals surface area (Å²) in [6, 6.07) is 10.5. The number of nitrogens with zero attached hydrogens (tertiary/aromatic N) is 1. The van der Waals surface area contributed by atoms with E-state index in [4.69, 9.17) is 0 Å². The van der Waals surface area contributed by atoms with E-state index >= 15 is 0 Å². The molecule has 1 aromatic carbocycles. The van der Waals surface area contributed by atoms with Crippen molar-refractivity contribution in [2.45, 2.75) is 6.54 Å². The van der Waals surface area contributed by atoms with Crippen LogP contribution in [0.4, 0.5) is 0 Å². The molecule has 1 N–H and O–H groups in total. The van der Waals surface area contributed by atoms with Gasteiger partial charge in [0.05, 0.1) is 0 Å². The molecule has 11 heavy (non-hydrogen) atoms. The van der Waals surface area contributed by atoms with Crippen molar-refractivity contribution in [2.75, 3.05) is 13.1 Å². The Kier molecular flexibility index (Phi) is 1.88. The van der Waals surface area contributed by atoms with Crippen LogP contribution < -0.4 is 5.43 Å². The Hall–Kier alpha value is -0.860. The van der Waals surface area contributed by atoms with Gasteiger partial charge in [0, 0.05) is 19.6 Å². The molecule has 0 radical (unpaired) electrons. The molecule has 58 valence electrons. The first-order chi connectivity index (χ1) is 5.45. The van der Waals surface area contributed by atoms with Crippen LogP contribution in [-0.4, -0.2) is 18.1 Å². The zero-order valence-corrected chi connectivity index (χ0v) is 6.46. The maximum atomic E-state index is 3.31. The van der Waals surface area contributed by atoms with Crippen LogP contribution in [0.5, 0.6) is 0 Å². The van der Waals surface area contributed by atoms with E-state index in [2.05, 4.69) is 34.7 Å². The Morgan fingerprint density at radius 1 is 1.18 bits per heavy atom. The lowest BCUT2D eigenvalue weighted by atomic mass is 10.2. The SMILES string of the molecule is c1ccc(CNN2CC2)cc1. The van der Waals surface area contributed by atoms with Gasteiger partial charge in [-0.2, -0.15) is 0 Å². The Morgan fingerprint density at radius 2 is 1.91 bits per heavy atom. The van der Waals surface area contributed by atoms with Gasteiger partial charge >= 0.3 is 0 Å². The molecular formula is C9H12N2. The second kappa shape index (κ2) is 3.03. The maximum Gasteiger partial charge on any atom is 0.0353 e. The van der Waals surface area contributed by atoms with Crippen molar-refractivity contribution in [3.63, 3.8) is 0 Å². The highest BCUT2D eigenvalue weighted by Gasteiger charge is 2.15. The van der Waals surface area contributed by atoms with E-state index < -0.39 is 0 Å². The molecule has 1 aliphatic heterocycles. The molecule has 1 heterocycles. The highest BCUT2D eigenvalue weighted by molar-refractivity contribution is 5.14. The molecule has 1 saturated heterocycles. The van der Waals surface area contributed by atoms with Crippen LogP contribution in [0.2, 0.25) is 0 Å². The summed E-state index contributed by atoms with van der Waals surface area (Å²) in [7, 11) is 0. The number of nitrogens with one attached hydrogen (secondary N) is 1. The van der Waals surface area contributed by atoms with Gasteiger partial charge in [0.1, 0.15) is 0 Å². The summed E-state index contributed by atoms with van der Waals surface area (Å²) < 4.78 is 0. The van der Waals surface area contributed by atoms with Crippen molar-refractivity contribution in [1.29, 1.82) is 0 Å². The van der Waals surface area contributed by atoms with Crippen molar-refractivity contribution in [2.24, 2.45) is 0 Å². The molecule has 0 unspecified atom stereocenters. The number of hydrogen-bond acceptors (Lipinski definition) is 2. The molecule has 0 aromatic heterocycles. The summed E-state index contributed by atoms with van der Waals surface area (Å²) in [6.45, 7) is 3.36. The molecule has 2 rings (SSSR count). The topological polar surface area (TPSA) is 15.0 Å². The summed E-state index contributed by atoms with van der Waals surface area (Å²) in [6.07, 6.45) is 0. The standard InChI is InChI=1S/C9H12N2/c1-2-4-9(5-3-1)8-10-11-6-7-11/h1-5,10H,6-8H2. The zero-order valence-electron chi connectivity index (χ0n) is 6.46. The van der Waals surface area contributed by atoms with Gasteiger partial charge in [-0.1, -0.05) is 30.3 Å². The fourth-order valence-electron chi connectivity index (χ4n) is 1.01. The van der Waals surface area contributed by atoms with E-state index in [1.807, 2.05) is 6.07 Å². The van der Waals surface area contributed by atoms with Gasteiger partial charge < -0.3 is 0 Å². The molecule has 2 nitrogen and oxygen atoms in total. The third-order valence-electron chi connectivity index (χ3n) is 1.80. The Bertz CT molecular complexity index is 216. The molecule has 1 aliphatic rings. The summed E-state index contributed by atoms with van der Waals surface area (Å²) in [5.41, 5.74) is 4.65. The lowest BCUT2D eigenvalue weighted by Crippen LogP contribution is -2.19. The fraction of sp³-hybridized carbons (Fsp3) is 0.333. The van der Waals surface area contributed by atoms with Crippen molar-refractivity contribution in [1.82, 2.24) is 10.4 Å². The molecule has 0 saturated carbocycles. The largest absolute Gasteiger partial charge is 0.251 e. The summed E-state index contributed by atoms with van der Waals surface area (Å²) in [4.78, 5) is 0. The van der Waals surface area contributed by atoms with Crippen molar-refractivity contribution in [3.8, 4) is 0 Å². The molecule has 0 bridgehead atoms. The average molecular weight is 148 g/mol. The minimum Gasteiger partial charge on any atom is -0.251 e. The molecular weight excluding hydrogens is 136 g/mol. The second-order valence-corrected chi connectivity index (χ2v) is 2.81. The Morgan fingerprint density at radius 3 is 2.55 bits per heavy atom. The van der Waals surface area contributed by atoms with E-state index in [0.717, 1.165) is 6.54 Å². The van der Waals surface area contributed by atoms with E-state index in [1.54, 1.807) is 0 Å². The van der Waals surface area contributed by atoms with Gasteiger partial charge in [0.15, 0.2) is 0 Å². The van der Waals surface area contributed by atoms with Gasteiger partial charge in [-0.15, -0.1) is 0 Å². The lowest BCUT2D eigenvalue weighted by Gasteiger charge is -2.02. The molecule has 2 heteroatoms. The fourth-order valence-corrected chi connectivity index (χ4v) is 1.01. The van der Waals surface area contributed by atoms with E-state index in [1.165, 1.54) is 18.7 Å². The van der Waals surface area contributed by atoms with E-state index in [9.17, 15) is 0 Å². The maximum absolute atomic E-state index is 3.31. The van der Waals surface area contributed by atoms with Gasteiger partial charge in [0.2, 0.25) is 0 Å². The predicted molar refractivity (Wildman–Crippen MR) is 44.9 cm³/mol. The van der Waals surface area contributed by atoms with Crippen LogP contribution in [0.1, 0.15) is 5.56 Å². The third kappa shape index (κ3) is 2.03. The quantitative estimate of drug-likeness (QED) is 0.643. The first kappa shape index (κ1) is 6.83. The van der Waals surface area contributed by atoms with Crippen LogP contribution in [0.25, 0.3) is 0 Å². The minimum absolute atomic E-state index is 0.959. The van der Waals surface area contributed by atoms with Crippen molar-refractivity contribution < 1.29 is 0 Å². The smallest absolute Gasteiger partial charge is 0.0353 e. The van der Waals surface area contributed by atoms with Gasteiger partial charge in [-0.25, -0.2) is 5.01 Å². The molecule has 1 aromatic rings. The Balaban J connectivity index is 1.85. The minimum atomic E-state index is 0.959. The number of hydrogen-bond donors (Lipinski definition) is 1. The van der Waals surface area contributed by atoms with E-state index in [0.29, 0.717) is 0 Å². The predicted octanol–water partition coefficient (Wildman–Crippen LogP) is 1.01. The molecule has 1 fully saturated rings. The third-order valence-corrected chi connectivity index (χ3v) is 1.80. The highest BCUT2D eigenvalue weighted by atomic mass is 15.6. The van der Waals surface area contributed by atoms with Crippen LogP contribution in [0.15, 0.2) is 30.3 Å². The Labute approximate surface area is 66.8 Å². The highest BCUT2D eigenvalue weighted by Crippen LogP contribution is 2.01. The number of hydrazine groups is 1. The summed E-state index contributed by atoms with van der Waals surface area (Å²) in [5.74, 6) is 0. The van der Waals surface area contributed by atoms with Crippen molar-refractivity contribution in [3.05, 3.63) is 35.9 Å². The van der Waals surface area contributed by atoms with Crippen LogP contribution in [0.3, 0.4) is 0 Å². The normalized spacial score (nSPS) is 16.7. The number of benzene rings is 1. The molecule has 0 amide bonds. The van der Waals surface area contributed by atoms with E-state index in [-0.39, 0.29) is 0 Å².